The van der Waals surface area contributed by atoms with Gasteiger partial charge in [-0.2, -0.15) is 0 Å². The first kappa shape index (κ1) is 11.9. The van der Waals surface area contributed by atoms with Crippen LogP contribution in [0.25, 0.3) is 0 Å². The summed E-state index contributed by atoms with van der Waals surface area (Å²) in [6, 6.07) is -1.29. The lowest BCUT2D eigenvalue weighted by molar-refractivity contribution is -0.189. The maximum Gasteiger partial charge on any atom is 0.331 e. The number of aliphatic hydroxyl groups excluding tert-OH is 3. The second kappa shape index (κ2) is 4.56. The van der Waals surface area contributed by atoms with Gasteiger partial charge < -0.3 is 25.4 Å². The Kier molecular flexibility index (Phi) is 3.61. The van der Waals surface area contributed by atoms with E-state index in [4.69, 9.17) is 5.11 Å². The molecular weight excluding hydrogens is 206 g/mol. The summed E-state index contributed by atoms with van der Waals surface area (Å²) in [5, 5.41) is 29.8. The molecule has 1 amide bonds. The third-order valence-electron chi connectivity index (χ3n) is 2.13. The Bertz CT molecular complexity index is 268. The Morgan fingerprint density at radius 1 is 1.47 bits per heavy atom. The topological polar surface area (TPSA) is 116 Å². The minimum atomic E-state index is -1.48. The van der Waals surface area contributed by atoms with Crippen LogP contribution in [0.1, 0.15) is 6.92 Å². The molecule has 0 radical (unpaired) electrons. The average Bonchev–Trinajstić information content (AvgIpc) is 2.18. The Balaban J connectivity index is 2.74. The number of hydrogen-bond acceptors (Lipinski definition) is 6. The van der Waals surface area contributed by atoms with Crippen LogP contribution in [-0.4, -0.2) is 58.2 Å². The van der Waals surface area contributed by atoms with Gasteiger partial charge in [-0.25, -0.2) is 4.79 Å². The number of hydrogen-bond donors (Lipinski definition) is 4. The summed E-state index contributed by atoms with van der Waals surface area (Å²) in [6.07, 6.45) is -4.05. The van der Waals surface area contributed by atoms with Crippen molar-refractivity contribution in [2.45, 2.75) is 31.3 Å². The van der Waals surface area contributed by atoms with E-state index in [1.165, 1.54) is 6.92 Å². The molecule has 0 aromatic carbocycles. The molecule has 0 aromatic rings. The number of cyclic esters (lactones) is 1. The van der Waals surface area contributed by atoms with Gasteiger partial charge in [0.1, 0.15) is 12.2 Å². The van der Waals surface area contributed by atoms with Gasteiger partial charge >= 0.3 is 5.97 Å². The highest BCUT2D eigenvalue weighted by molar-refractivity contribution is 5.84. The zero-order valence-electron chi connectivity index (χ0n) is 8.08. The summed E-state index contributed by atoms with van der Waals surface area (Å²) in [5.74, 6) is -1.40. The van der Waals surface area contributed by atoms with Gasteiger partial charge in [-0.1, -0.05) is 0 Å². The van der Waals surface area contributed by atoms with Gasteiger partial charge in [0.25, 0.3) is 0 Å². The molecular formula is C8H13NO6. The predicted molar refractivity (Wildman–Crippen MR) is 46.6 cm³/mol. The molecule has 4 N–H and O–H groups in total. The highest BCUT2D eigenvalue weighted by Gasteiger charge is 2.44. The lowest BCUT2D eigenvalue weighted by Gasteiger charge is -2.35. The summed E-state index contributed by atoms with van der Waals surface area (Å²) in [6.45, 7) is 0.585. The highest BCUT2D eigenvalue weighted by atomic mass is 16.6. The van der Waals surface area contributed by atoms with Crippen molar-refractivity contribution < 1.29 is 29.6 Å². The van der Waals surface area contributed by atoms with Gasteiger partial charge in [-0.05, 0) is 0 Å². The lowest BCUT2D eigenvalue weighted by Crippen LogP contribution is -2.62. The van der Waals surface area contributed by atoms with E-state index in [1.807, 2.05) is 0 Å². The SMILES string of the molecule is CC(=O)N[C@@H]1C(=O)OC(CO)[C@@H](O)C1O. The molecule has 7 nitrogen and oxygen atoms in total. The van der Waals surface area contributed by atoms with Gasteiger partial charge in [-0.3, -0.25) is 4.79 Å². The van der Waals surface area contributed by atoms with Gasteiger partial charge in [0.05, 0.1) is 6.61 Å². The van der Waals surface area contributed by atoms with Crippen LogP contribution in [0.3, 0.4) is 0 Å². The van der Waals surface area contributed by atoms with Crippen LogP contribution < -0.4 is 5.32 Å². The van der Waals surface area contributed by atoms with Crippen LogP contribution in [-0.2, 0) is 14.3 Å². The second-order valence-corrected chi connectivity index (χ2v) is 3.32. The van der Waals surface area contributed by atoms with E-state index < -0.39 is 42.8 Å². The molecule has 7 heteroatoms. The van der Waals surface area contributed by atoms with Crippen LogP contribution in [0, 0.1) is 0 Å². The van der Waals surface area contributed by atoms with Crippen molar-refractivity contribution >= 4 is 11.9 Å². The van der Waals surface area contributed by atoms with Gasteiger partial charge in [0, 0.05) is 6.92 Å². The zero-order chi connectivity index (χ0) is 11.6. The molecule has 0 saturated carbocycles. The molecule has 1 heterocycles. The fourth-order valence-corrected chi connectivity index (χ4v) is 1.36. The number of aliphatic hydroxyl groups is 3. The van der Waals surface area contributed by atoms with Crippen molar-refractivity contribution in [2.75, 3.05) is 6.61 Å². The van der Waals surface area contributed by atoms with E-state index in [1.54, 1.807) is 0 Å². The number of ether oxygens (including phenoxy) is 1. The van der Waals surface area contributed by atoms with Crippen LogP contribution in [0.15, 0.2) is 0 Å². The van der Waals surface area contributed by atoms with E-state index >= 15 is 0 Å². The molecule has 1 aliphatic heterocycles. The zero-order valence-corrected chi connectivity index (χ0v) is 8.08. The maximum absolute atomic E-state index is 11.2. The lowest BCUT2D eigenvalue weighted by atomic mass is 9.98. The van der Waals surface area contributed by atoms with Crippen molar-refractivity contribution in [1.29, 1.82) is 0 Å². The highest BCUT2D eigenvalue weighted by Crippen LogP contribution is 2.16. The van der Waals surface area contributed by atoms with Crippen molar-refractivity contribution in [1.82, 2.24) is 5.32 Å². The molecule has 0 spiro atoms. The Morgan fingerprint density at radius 3 is 2.53 bits per heavy atom. The van der Waals surface area contributed by atoms with E-state index in [2.05, 4.69) is 10.1 Å². The minimum Gasteiger partial charge on any atom is -0.455 e. The second-order valence-electron chi connectivity index (χ2n) is 3.32. The monoisotopic (exact) mass is 219 g/mol. The van der Waals surface area contributed by atoms with Crippen LogP contribution in [0.5, 0.6) is 0 Å². The summed E-state index contributed by atoms with van der Waals surface area (Å²) >= 11 is 0. The molecule has 86 valence electrons. The number of nitrogens with one attached hydrogen (secondary N) is 1. The quantitative estimate of drug-likeness (QED) is 0.371. The first-order valence-electron chi connectivity index (χ1n) is 4.42. The molecule has 0 bridgehead atoms. The Labute approximate surface area is 85.7 Å². The summed E-state index contributed by atoms with van der Waals surface area (Å²) in [4.78, 5) is 21.9. The van der Waals surface area contributed by atoms with Crippen molar-refractivity contribution in [3.63, 3.8) is 0 Å². The summed E-state index contributed by atoms with van der Waals surface area (Å²) < 4.78 is 4.62. The molecule has 0 aromatic heterocycles. The first-order valence-corrected chi connectivity index (χ1v) is 4.42. The molecule has 1 rings (SSSR count). The average molecular weight is 219 g/mol. The largest absolute Gasteiger partial charge is 0.455 e. The number of amides is 1. The molecule has 4 atom stereocenters. The smallest absolute Gasteiger partial charge is 0.331 e. The van der Waals surface area contributed by atoms with Gasteiger partial charge in [0.15, 0.2) is 12.1 Å². The third kappa shape index (κ3) is 2.44. The van der Waals surface area contributed by atoms with E-state index in [-0.39, 0.29) is 0 Å². The van der Waals surface area contributed by atoms with E-state index in [0.717, 1.165) is 0 Å². The normalized spacial score (nSPS) is 35.9. The summed E-state index contributed by atoms with van der Waals surface area (Å²) in [7, 11) is 0. The van der Waals surface area contributed by atoms with Crippen molar-refractivity contribution in [3.8, 4) is 0 Å². The first-order chi connectivity index (χ1) is 6.97. The van der Waals surface area contributed by atoms with E-state index in [9.17, 15) is 19.8 Å². The standard InChI is InChI=1S/C8H13NO6/c1-3(11)9-5-7(13)6(12)4(2-10)15-8(5)14/h4-7,10,12-13H,2H2,1H3,(H,9,11)/t4?,5-,6+,7?/m0/s1. The Hall–Kier alpha value is -1.18. The van der Waals surface area contributed by atoms with Crippen LogP contribution in [0.4, 0.5) is 0 Å². The molecule has 1 fully saturated rings. The maximum atomic E-state index is 11.2. The molecule has 0 aliphatic carbocycles. The van der Waals surface area contributed by atoms with Gasteiger partial charge in [-0.15, -0.1) is 0 Å². The van der Waals surface area contributed by atoms with Crippen LogP contribution in [0.2, 0.25) is 0 Å². The molecule has 2 unspecified atom stereocenters. The summed E-state index contributed by atoms with van der Waals surface area (Å²) in [5.41, 5.74) is 0. The van der Waals surface area contributed by atoms with Crippen molar-refractivity contribution in [2.24, 2.45) is 0 Å². The third-order valence-corrected chi connectivity index (χ3v) is 2.13. The predicted octanol–water partition coefficient (Wildman–Crippen LogP) is -2.87. The Morgan fingerprint density at radius 2 is 2.07 bits per heavy atom. The number of esters is 1. The van der Waals surface area contributed by atoms with E-state index in [0.29, 0.717) is 0 Å². The fourth-order valence-electron chi connectivity index (χ4n) is 1.36. The minimum absolute atomic E-state index is 0.523. The van der Waals surface area contributed by atoms with Gasteiger partial charge in [0.2, 0.25) is 5.91 Å². The fraction of sp³-hybridized carbons (Fsp3) is 0.750. The number of rotatable bonds is 2. The van der Waals surface area contributed by atoms with Crippen molar-refractivity contribution in [3.05, 3.63) is 0 Å². The molecule has 1 aliphatic rings. The number of carbonyl (C=O) groups is 2. The molecule has 15 heavy (non-hydrogen) atoms. The van der Waals surface area contributed by atoms with Crippen LogP contribution >= 0.6 is 0 Å². The molecule has 1 saturated heterocycles. The number of carbonyl (C=O) groups excluding carboxylic acids is 2.